The van der Waals surface area contributed by atoms with E-state index in [1.54, 1.807) is 0 Å². The zero-order valence-corrected chi connectivity index (χ0v) is 15.0. The van der Waals surface area contributed by atoms with Crippen LogP contribution in [0.15, 0.2) is 72.0 Å². The quantitative estimate of drug-likeness (QED) is 0.785. The standard InChI is InChI=1S/C23H22O4/c24-21-18(14-11-15-7-3-1-4-8-15)27-23(26)20(22(21)25)19(17-12-13-17)16-9-5-2-6-10-16/h1-10,17-19,25H,11-14H2. The number of aliphatic hydroxyl groups excluding tert-OH is 1. The van der Waals surface area contributed by atoms with Gasteiger partial charge in [0.2, 0.25) is 5.78 Å². The van der Waals surface area contributed by atoms with Crippen LogP contribution in [-0.2, 0) is 20.7 Å². The third-order valence-electron chi connectivity index (χ3n) is 5.35. The van der Waals surface area contributed by atoms with E-state index in [2.05, 4.69) is 0 Å². The summed E-state index contributed by atoms with van der Waals surface area (Å²) < 4.78 is 5.48. The summed E-state index contributed by atoms with van der Waals surface area (Å²) in [5, 5.41) is 10.6. The highest BCUT2D eigenvalue weighted by Crippen LogP contribution is 2.48. The number of hydrogen-bond donors (Lipinski definition) is 1. The molecular formula is C23H22O4. The van der Waals surface area contributed by atoms with Gasteiger partial charge in [-0.2, -0.15) is 0 Å². The molecule has 1 aliphatic carbocycles. The molecule has 27 heavy (non-hydrogen) atoms. The molecule has 2 aromatic rings. The Morgan fingerprint density at radius 1 is 0.963 bits per heavy atom. The lowest BCUT2D eigenvalue weighted by atomic mass is 9.83. The molecule has 4 nitrogen and oxygen atoms in total. The smallest absolute Gasteiger partial charge is 0.339 e. The van der Waals surface area contributed by atoms with E-state index in [9.17, 15) is 14.7 Å². The maximum absolute atomic E-state index is 12.7. The number of aryl methyl sites for hydroxylation is 1. The minimum Gasteiger partial charge on any atom is -0.504 e. The van der Waals surface area contributed by atoms with Crippen molar-refractivity contribution in [3.8, 4) is 0 Å². The Morgan fingerprint density at radius 3 is 2.22 bits per heavy atom. The minimum atomic E-state index is -0.919. The van der Waals surface area contributed by atoms with E-state index in [4.69, 9.17) is 4.74 Å². The molecule has 2 aromatic carbocycles. The number of benzene rings is 2. The topological polar surface area (TPSA) is 63.6 Å². The van der Waals surface area contributed by atoms with E-state index in [1.165, 1.54) is 0 Å². The second kappa shape index (κ2) is 7.39. The maximum Gasteiger partial charge on any atom is 0.339 e. The summed E-state index contributed by atoms with van der Waals surface area (Å²) in [5.41, 5.74) is 2.13. The third-order valence-corrected chi connectivity index (χ3v) is 5.35. The van der Waals surface area contributed by atoms with Crippen LogP contribution in [0.5, 0.6) is 0 Å². The predicted molar refractivity (Wildman–Crippen MR) is 101 cm³/mol. The van der Waals surface area contributed by atoms with Gasteiger partial charge in [-0.15, -0.1) is 0 Å². The van der Waals surface area contributed by atoms with Crippen LogP contribution in [0.2, 0.25) is 0 Å². The van der Waals surface area contributed by atoms with Crippen LogP contribution in [0, 0.1) is 5.92 Å². The molecule has 1 fully saturated rings. The van der Waals surface area contributed by atoms with Gasteiger partial charge < -0.3 is 9.84 Å². The van der Waals surface area contributed by atoms with Crippen molar-refractivity contribution >= 4 is 11.8 Å². The van der Waals surface area contributed by atoms with Crippen molar-refractivity contribution in [1.82, 2.24) is 0 Å². The first-order valence-electron chi connectivity index (χ1n) is 9.42. The molecule has 1 aliphatic heterocycles. The second-order valence-electron chi connectivity index (χ2n) is 7.27. The average Bonchev–Trinajstić information content (AvgIpc) is 3.53. The van der Waals surface area contributed by atoms with Gasteiger partial charge in [-0.25, -0.2) is 4.79 Å². The van der Waals surface area contributed by atoms with Gasteiger partial charge in [-0.05, 0) is 42.7 Å². The largest absolute Gasteiger partial charge is 0.504 e. The molecule has 1 N–H and O–H groups in total. The van der Waals surface area contributed by atoms with Crippen molar-refractivity contribution in [2.75, 3.05) is 0 Å². The molecule has 0 spiro atoms. The van der Waals surface area contributed by atoms with Crippen molar-refractivity contribution in [3.63, 3.8) is 0 Å². The average molecular weight is 362 g/mol. The number of carbonyl (C=O) groups excluding carboxylic acids is 2. The summed E-state index contributed by atoms with van der Waals surface area (Å²) >= 11 is 0. The highest BCUT2D eigenvalue weighted by atomic mass is 16.6. The molecule has 0 bridgehead atoms. The van der Waals surface area contributed by atoms with Gasteiger partial charge in [0.1, 0.15) is 0 Å². The first-order valence-corrected chi connectivity index (χ1v) is 9.42. The molecule has 2 atom stereocenters. The van der Waals surface area contributed by atoms with Crippen LogP contribution in [0.3, 0.4) is 0 Å². The van der Waals surface area contributed by atoms with Gasteiger partial charge in [-0.1, -0.05) is 60.7 Å². The fourth-order valence-electron chi connectivity index (χ4n) is 3.80. The van der Waals surface area contributed by atoms with Gasteiger partial charge in [0, 0.05) is 5.92 Å². The summed E-state index contributed by atoms with van der Waals surface area (Å²) in [4.78, 5) is 25.4. The Hall–Kier alpha value is -2.88. The second-order valence-corrected chi connectivity index (χ2v) is 7.27. The first-order chi connectivity index (χ1) is 13.1. The Labute approximate surface area is 158 Å². The maximum atomic E-state index is 12.7. The van der Waals surface area contributed by atoms with E-state index in [1.807, 2.05) is 60.7 Å². The van der Waals surface area contributed by atoms with E-state index in [0.29, 0.717) is 12.8 Å². The molecule has 4 rings (SSSR count). The van der Waals surface area contributed by atoms with E-state index in [-0.39, 0.29) is 17.4 Å². The normalized spacial score (nSPS) is 21.1. The number of carbonyl (C=O) groups is 2. The van der Waals surface area contributed by atoms with Crippen LogP contribution >= 0.6 is 0 Å². The lowest BCUT2D eigenvalue weighted by Gasteiger charge is -2.28. The fourth-order valence-corrected chi connectivity index (χ4v) is 3.80. The molecule has 1 saturated carbocycles. The third kappa shape index (κ3) is 3.65. The zero-order chi connectivity index (χ0) is 18.8. The van der Waals surface area contributed by atoms with Crippen molar-refractivity contribution in [1.29, 1.82) is 0 Å². The molecule has 4 heteroatoms. The number of ketones is 1. The first kappa shape index (κ1) is 17.5. The lowest BCUT2D eigenvalue weighted by molar-refractivity contribution is -0.155. The van der Waals surface area contributed by atoms with Crippen molar-refractivity contribution in [3.05, 3.63) is 83.1 Å². The highest BCUT2D eigenvalue weighted by Gasteiger charge is 2.45. The van der Waals surface area contributed by atoms with Crippen LogP contribution in [0.25, 0.3) is 0 Å². The van der Waals surface area contributed by atoms with E-state index in [0.717, 1.165) is 24.0 Å². The van der Waals surface area contributed by atoms with Crippen molar-refractivity contribution in [2.45, 2.75) is 37.7 Å². The Kier molecular flexibility index (Phi) is 4.80. The van der Waals surface area contributed by atoms with Gasteiger partial charge in [0.25, 0.3) is 0 Å². The number of hydrogen-bond acceptors (Lipinski definition) is 4. The molecular weight excluding hydrogens is 340 g/mol. The lowest BCUT2D eigenvalue weighted by Crippen LogP contribution is -2.37. The Morgan fingerprint density at radius 2 is 1.59 bits per heavy atom. The predicted octanol–water partition coefficient (Wildman–Crippen LogP) is 4.12. The van der Waals surface area contributed by atoms with Gasteiger partial charge in [0.15, 0.2) is 11.9 Å². The van der Waals surface area contributed by atoms with Crippen molar-refractivity contribution in [2.24, 2.45) is 5.92 Å². The zero-order valence-electron chi connectivity index (χ0n) is 15.0. The van der Waals surface area contributed by atoms with Crippen LogP contribution in [0.4, 0.5) is 0 Å². The monoisotopic (exact) mass is 362 g/mol. The van der Waals surface area contributed by atoms with E-state index >= 15 is 0 Å². The summed E-state index contributed by atoms with van der Waals surface area (Å²) in [7, 11) is 0. The number of ether oxygens (including phenoxy) is 1. The number of cyclic esters (lactones) is 1. The van der Waals surface area contributed by atoms with Crippen LogP contribution in [-0.4, -0.2) is 23.0 Å². The summed E-state index contributed by atoms with van der Waals surface area (Å²) in [6, 6.07) is 19.3. The van der Waals surface area contributed by atoms with E-state index < -0.39 is 23.6 Å². The number of aliphatic hydroxyl groups is 1. The minimum absolute atomic E-state index is 0.129. The highest BCUT2D eigenvalue weighted by molar-refractivity contribution is 6.09. The summed E-state index contributed by atoms with van der Waals surface area (Å²) in [6.45, 7) is 0. The number of esters is 1. The molecule has 2 unspecified atom stereocenters. The molecule has 138 valence electrons. The molecule has 0 radical (unpaired) electrons. The van der Waals surface area contributed by atoms with Crippen LogP contribution in [0.1, 0.15) is 36.3 Å². The fraction of sp³-hybridized carbons (Fsp3) is 0.304. The molecule has 2 aliphatic rings. The van der Waals surface area contributed by atoms with Gasteiger partial charge >= 0.3 is 5.97 Å². The van der Waals surface area contributed by atoms with Gasteiger partial charge in [0.05, 0.1) is 5.57 Å². The number of rotatable bonds is 6. The molecule has 0 saturated heterocycles. The van der Waals surface area contributed by atoms with Crippen molar-refractivity contribution < 1.29 is 19.4 Å². The Balaban J connectivity index is 1.58. The molecule has 1 heterocycles. The Bertz CT molecular complexity index is 866. The molecule has 0 aromatic heterocycles. The SMILES string of the molecule is O=C1OC(CCc2ccccc2)C(=O)C(O)=C1C(c1ccccc1)C1CC1. The van der Waals surface area contributed by atoms with Crippen LogP contribution < -0.4 is 0 Å². The van der Waals surface area contributed by atoms with Gasteiger partial charge in [-0.3, -0.25) is 4.79 Å². The molecule has 0 amide bonds. The summed E-state index contributed by atoms with van der Waals surface area (Å²) in [5.74, 6) is -1.47. The summed E-state index contributed by atoms with van der Waals surface area (Å²) in [6.07, 6.45) is 2.02. The number of Topliss-reactive ketones (excluding diaryl/α,β-unsaturated/α-hetero) is 1.